The monoisotopic (exact) mass is 218 g/mol. The fraction of sp³-hybridized carbons (Fsp3) is 1.00. The zero-order chi connectivity index (χ0) is 10.9. The Hall–Kier alpha value is -0.600. The van der Waals surface area contributed by atoms with E-state index < -0.39 is 25.1 Å². The second kappa shape index (κ2) is 3.28. The van der Waals surface area contributed by atoms with Crippen molar-refractivity contribution in [2.24, 2.45) is 0 Å². The Morgan fingerprint density at radius 2 is 1.23 bits per heavy atom. The van der Waals surface area contributed by atoms with Crippen LogP contribution in [0.5, 0.6) is 0 Å². The molecular formula is C4H2F8O. The average molecular weight is 218 g/mol. The van der Waals surface area contributed by atoms with E-state index >= 15 is 0 Å². The Kier molecular flexibility index (Phi) is 3.12. The lowest BCUT2D eigenvalue weighted by Gasteiger charge is -2.25. The van der Waals surface area contributed by atoms with Gasteiger partial charge in [-0.05, 0) is 0 Å². The van der Waals surface area contributed by atoms with Crippen molar-refractivity contribution in [3.05, 3.63) is 0 Å². The molecule has 1 atom stereocenters. The number of halogens is 8. The highest BCUT2D eigenvalue weighted by atomic mass is 19.4. The number of ether oxygens (including phenoxy) is 1. The largest absolute Gasteiger partial charge is 0.525 e. The predicted octanol–water partition coefficient (Wildman–Crippen LogP) is 2.72. The van der Waals surface area contributed by atoms with Crippen molar-refractivity contribution in [1.82, 2.24) is 0 Å². The maximum Gasteiger partial charge on any atom is 0.525 e. The van der Waals surface area contributed by atoms with Gasteiger partial charge >= 0.3 is 18.4 Å². The zero-order valence-corrected chi connectivity index (χ0v) is 5.64. The van der Waals surface area contributed by atoms with Crippen LogP contribution in [0.3, 0.4) is 0 Å². The molecule has 0 spiro atoms. The van der Waals surface area contributed by atoms with E-state index in [1.807, 2.05) is 4.74 Å². The third-order valence-electron chi connectivity index (χ3n) is 0.873. The maximum absolute atomic E-state index is 12.1. The lowest BCUT2D eigenvalue weighted by atomic mass is 10.3. The van der Waals surface area contributed by atoms with Crippen LogP contribution in [-0.2, 0) is 4.74 Å². The lowest BCUT2D eigenvalue weighted by molar-refractivity contribution is -0.449. The van der Waals surface area contributed by atoms with Gasteiger partial charge < -0.3 is 0 Å². The molecule has 0 amide bonds. The van der Waals surface area contributed by atoms with Crippen molar-refractivity contribution in [2.45, 2.75) is 18.4 Å². The maximum atomic E-state index is 12.1. The van der Waals surface area contributed by atoms with Crippen molar-refractivity contribution in [1.29, 1.82) is 0 Å². The minimum Gasteiger partial charge on any atom is -0.244 e. The molecule has 0 rings (SSSR count). The number of hydrogen-bond acceptors (Lipinski definition) is 1. The molecule has 80 valence electrons. The van der Waals surface area contributed by atoms with Gasteiger partial charge in [-0.2, -0.15) is 17.6 Å². The minimum atomic E-state index is -6.07. The molecule has 0 N–H and O–H groups in total. The highest BCUT2D eigenvalue weighted by Crippen LogP contribution is 2.39. The van der Waals surface area contributed by atoms with E-state index in [0.717, 1.165) is 0 Å². The van der Waals surface area contributed by atoms with Gasteiger partial charge in [-0.25, -0.2) is 9.13 Å². The standard InChI is InChI=1S/C4H2F8O/c5-1-2(6,3(7,8)9)13-4(10,11)12/h1H2. The Labute approximate surface area is 66.3 Å². The molecular weight excluding hydrogens is 216 g/mol. The van der Waals surface area contributed by atoms with Gasteiger partial charge in [-0.3, -0.25) is 0 Å². The molecule has 0 aromatic rings. The molecule has 0 radical (unpaired) electrons. The number of rotatable bonds is 2. The van der Waals surface area contributed by atoms with Crippen molar-refractivity contribution in [3.8, 4) is 0 Å². The highest BCUT2D eigenvalue weighted by Gasteiger charge is 2.63. The van der Waals surface area contributed by atoms with Crippen LogP contribution in [0, 0.1) is 0 Å². The smallest absolute Gasteiger partial charge is 0.244 e. The van der Waals surface area contributed by atoms with E-state index in [-0.39, 0.29) is 0 Å². The summed E-state index contributed by atoms with van der Waals surface area (Å²) in [4.78, 5) is 0. The predicted molar refractivity (Wildman–Crippen MR) is 23.0 cm³/mol. The highest BCUT2D eigenvalue weighted by molar-refractivity contribution is 4.76. The van der Waals surface area contributed by atoms with Crippen molar-refractivity contribution >= 4 is 0 Å². The molecule has 1 unspecified atom stereocenters. The van der Waals surface area contributed by atoms with Gasteiger partial charge in [0.1, 0.15) is 0 Å². The van der Waals surface area contributed by atoms with Crippen molar-refractivity contribution in [3.63, 3.8) is 0 Å². The SMILES string of the molecule is FCC(F)(OC(F)(F)F)C(F)(F)F. The van der Waals surface area contributed by atoms with E-state index in [1.54, 1.807) is 0 Å². The second-order valence-corrected chi connectivity index (χ2v) is 1.91. The van der Waals surface area contributed by atoms with Crippen LogP contribution in [0.25, 0.3) is 0 Å². The Balaban J connectivity index is 4.67. The molecule has 0 heterocycles. The molecule has 0 aromatic carbocycles. The molecule has 0 fully saturated rings. The minimum absolute atomic E-state index is 1.97. The summed E-state index contributed by atoms with van der Waals surface area (Å²) in [6.07, 6.45) is -12.0. The molecule has 0 aliphatic carbocycles. The Morgan fingerprint density at radius 1 is 0.846 bits per heavy atom. The van der Waals surface area contributed by atoms with Crippen LogP contribution in [0.15, 0.2) is 0 Å². The quantitative estimate of drug-likeness (QED) is 0.647. The summed E-state index contributed by atoms with van der Waals surface area (Å²) in [6, 6.07) is 0. The zero-order valence-electron chi connectivity index (χ0n) is 5.64. The van der Waals surface area contributed by atoms with Crippen LogP contribution >= 0.6 is 0 Å². The fourth-order valence-corrected chi connectivity index (χ4v) is 0.344. The van der Waals surface area contributed by atoms with Crippen LogP contribution in [0.4, 0.5) is 35.1 Å². The third-order valence-corrected chi connectivity index (χ3v) is 0.873. The van der Waals surface area contributed by atoms with Gasteiger partial charge in [0.25, 0.3) is 0 Å². The third kappa shape index (κ3) is 3.33. The van der Waals surface area contributed by atoms with Gasteiger partial charge in [0.05, 0.1) is 0 Å². The summed E-state index contributed by atoms with van der Waals surface area (Å²) in [6.45, 7) is -2.96. The molecule has 9 heteroatoms. The summed E-state index contributed by atoms with van der Waals surface area (Å²) in [7, 11) is 0. The molecule has 0 aliphatic heterocycles. The van der Waals surface area contributed by atoms with Crippen LogP contribution < -0.4 is 0 Å². The van der Waals surface area contributed by atoms with Gasteiger partial charge in [-0.1, -0.05) is 0 Å². The first-order chi connectivity index (χ1) is 5.52. The second-order valence-electron chi connectivity index (χ2n) is 1.91. The van der Waals surface area contributed by atoms with Crippen LogP contribution in [0.2, 0.25) is 0 Å². The molecule has 0 aromatic heterocycles. The van der Waals surface area contributed by atoms with Crippen LogP contribution in [-0.4, -0.2) is 25.1 Å². The molecule has 0 bridgehead atoms. The van der Waals surface area contributed by atoms with Crippen molar-refractivity contribution in [2.75, 3.05) is 6.67 Å². The Morgan fingerprint density at radius 3 is 1.31 bits per heavy atom. The van der Waals surface area contributed by atoms with Gasteiger partial charge in [-0.15, -0.1) is 13.2 Å². The first kappa shape index (κ1) is 12.4. The van der Waals surface area contributed by atoms with E-state index in [0.29, 0.717) is 0 Å². The summed E-state index contributed by atoms with van der Waals surface area (Å²) in [5.41, 5.74) is 0. The van der Waals surface area contributed by atoms with E-state index in [9.17, 15) is 35.1 Å². The van der Waals surface area contributed by atoms with Gasteiger partial charge in [0.15, 0.2) is 6.67 Å². The summed E-state index contributed by atoms with van der Waals surface area (Å²) in [5, 5.41) is 0. The molecule has 13 heavy (non-hydrogen) atoms. The Bertz CT molecular complexity index is 170. The first-order valence-corrected chi connectivity index (χ1v) is 2.60. The first-order valence-electron chi connectivity index (χ1n) is 2.60. The van der Waals surface area contributed by atoms with Crippen molar-refractivity contribution < 1.29 is 39.9 Å². The summed E-state index contributed by atoms with van der Waals surface area (Å²) >= 11 is 0. The summed E-state index contributed by atoms with van der Waals surface area (Å²) < 4.78 is 93.0. The van der Waals surface area contributed by atoms with Gasteiger partial charge in [0.2, 0.25) is 0 Å². The lowest BCUT2D eigenvalue weighted by Crippen LogP contribution is -2.48. The molecule has 0 aliphatic rings. The number of alkyl halides is 8. The molecule has 0 saturated carbocycles. The van der Waals surface area contributed by atoms with E-state index in [4.69, 9.17) is 0 Å². The summed E-state index contributed by atoms with van der Waals surface area (Å²) in [5.74, 6) is -5.33. The van der Waals surface area contributed by atoms with Gasteiger partial charge in [0, 0.05) is 0 Å². The molecule has 0 saturated heterocycles. The molecule has 1 nitrogen and oxygen atoms in total. The van der Waals surface area contributed by atoms with E-state index in [2.05, 4.69) is 0 Å². The van der Waals surface area contributed by atoms with E-state index in [1.165, 1.54) is 0 Å². The average Bonchev–Trinajstić information content (AvgIpc) is 1.81. The fourth-order valence-electron chi connectivity index (χ4n) is 0.344. The normalized spacial score (nSPS) is 18.5. The topological polar surface area (TPSA) is 9.23 Å². The number of hydrogen-bond donors (Lipinski definition) is 0. The van der Waals surface area contributed by atoms with Crippen LogP contribution in [0.1, 0.15) is 0 Å².